The molecule has 0 aromatic rings. The Morgan fingerprint density at radius 1 is 0.842 bits per heavy atom. The highest BCUT2D eigenvalue weighted by Gasteiger charge is 2.70. The third-order valence-corrected chi connectivity index (χ3v) is 13.6. The smallest absolute Gasteiger partial charge is 0.304 e. The molecule has 0 unspecified atom stereocenters. The van der Waals surface area contributed by atoms with E-state index in [0.717, 1.165) is 51.4 Å². The average molecular weight is 531 g/mol. The number of hydrogen-bond donors (Lipinski definition) is 4. The van der Waals surface area contributed by atoms with Crippen molar-refractivity contribution in [1.82, 2.24) is 0 Å². The number of aliphatic hydroxyl groups is 2. The lowest BCUT2D eigenvalue weighted by Gasteiger charge is -2.72. The largest absolute Gasteiger partial charge is 0.481 e. The fraction of sp³-hybridized carbons (Fsp3) is 0.875. The topological polar surface area (TPSA) is 115 Å². The molecule has 0 bridgehead atoms. The Balaban J connectivity index is 1.59. The molecule has 5 aliphatic rings. The van der Waals surface area contributed by atoms with Crippen molar-refractivity contribution in [3.05, 3.63) is 11.6 Å². The highest BCUT2D eigenvalue weighted by Crippen LogP contribution is 2.76. The van der Waals surface area contributed by atoms with Crippen LogP contribution >= 0.6 is 0 Å². The van der Waals surface area contributed by atoms with Crippen LogP contribution in [0.1, 0.15) is 112 Å². The van der Waals surface area contributed by atoms with Gasteiger partial charge < -0.3 is 20.4 Å². The molecule has 6 heteroatoms. The van der Waals surface area contributed by atoms with Gasteiger partial charge in [-0.05, 0) is 103 Å². The predicted molar refractivity (Wildman–Crippen MR) is 145 cm³/mol. The van der Waals surface area contributed by atoms with Crippen molar-refractivity contribution < 1.29 is 30.0 Å². The summed E-state index contributed by atoms with van der Waals surface area (Å²) < 4.78 is 0. The van der Waals surface area contributed by atoms with Gasteiger partial charge in [-0.1, -0.05) is 53.2 Å². The van der Waals surface area contributed by atoms with E-state index in [1.54, 1.807) is 0 Å². The molecule has 4 fully saturated rings. The molecule has 0 amide bonds. The Morgan fingerprint density at radius 2 is 1.47 bits per heavy atom. The quantitative estimate of drug-likeness (QED) is 0.329. The first-order chi connectivity index (χ1) is 17.4. The minimum atomic E-state index is -1.04. The number of aliphatic hydroxyl groups excluding tert-OH is 2. The van der Waals surface area contributed by atoms with Crippen LogP contribution in [0.25, 0.3) is 0 Å². The van der Waals surface area contributed by atoms with E-state index < -0.39 is 29.6 Å². The van der Waals surface area contributed by atoms with Crippen molar-refractivity contribution in [3.8, 4) is 0 Å². The molecule has 38 heavy (non-hydrogen) atoms. The Morgan fingerprint density at radius 3 is 2.11 bits per heavy atom. The Bertz CT molecular complexity index is 1050. The molecule has 0 heterocycles. The van der Waals surface area contributed by atoms with E-state index >= 15 is 0 Å². The maximum Gasteiger partial charge on any atom is 0.304 e. The molecule has 0 aromatic carbocycles. The third-order valence-electron chi connectivity index (χ3n) is 13.6. The zero-order chi connectivity index (χ0) is 28.1. The fourth-order valence-electron chi connectivity index (χ4n) is 11.5. The number of fused-ring (bicyclic) bond motifs is 7. The monoisotopic (exact) mass is 530 g/mol. The minimum absolute atomic E-state index is 0.0180. The predicted octanol–water partition coefficient (Wildman–Crippen LogP) is 6.05. The van der Waals surface area contributed by atoms with Crippen LogP contribution in [0, 0.1) is 50.2 Å². The van der Waals surface area contributed by atoms with Crippen LogP contribution in [0.3, 0.4) is 0 Å². The van der Waals surface area contributed by atoms with Gasteiger partial charge in [-0.15, -0.1) is 0 Å². The summed E-state index contributed by atoms with van der Waals surface area (Å²) in [5.74, 6) is -1.04. The van der Waals surface area contributed by atoms with E-state index in [4.69, 9.17) is 0 Å². The zero-order valence-corrected chi connectivity index (χ0v) is 24.3. The van der Waals surface area contributed by atoms with Gasteiger partial charge in [0.2, 0.25) is 0 Å². The van der Waals surface area contributed by atoms with Crippen molar-refractivity contribution in [2.75, 3.05) is 0 Å². The summed E-state index contributed by atoms with van der Waals surface area (Å²) in [7, 11) is 0. The Hall–Kier alpha value is -1.40. The van der Waals surface area contributed by atoms with E-state index in [1.807, 2.05) is 6.92 Å². The van der Waals surface area contributed by atoms with E-state index in [2.05, 4.69) is 40.7 Å². The van der Waals surface area contributed by atoms with Gasteiger partial charge in [0.15, 0.2) is 0 Å². The van der Waals surface area contributed by atoms with Gasteiger partial charge in [0.1, 0.15) is 0 Å². The van der Waals surface area contributed by atoms with Gasteiger partial charge in [0, 0.05) is 5.41 Å². The van der Waals surface area contributed by atoms with Gasteiger partial charge in [-0.25, -0.2) is 0 Å². The van der Waals surface area contributed by atoms with E-state index in [9.17, 15) is 30.0 Å². The van der Waals surface area contributed by atoms with Gasteiger partial charge in [-0.3, -0.25) is 9.59 Å². The Labute approximate surface area is 228 Å². The number of allylic oxidation sites excluding steroid dienone is 2. The van der Waals surface area contributed by atoms with E-state index in [1.165, 1.54) is 5.57 Å². The second-order valence-corrected chi connectivity index (χ2v) is 15.9. The summed E-state index contributed by atoms with van der Waals surface area (Å²) in [4.78, 5) is 24.0. The molecule has 0 saturated heterocycles. The van der Waals surface area contributed by atoms with Crippen molar-refractivity contribution >= 4 is 11.9 Å². The summed E-state index contributed by atoms with van der Waals surface area (Å²) in [6, 6.07) is 0. The van der Waals surface area contributed by atoms with Crippen LogP contribution in [0.4, 0.5) is 0 Å². The van der Waals surface area contributed by atoms with Crippen LogP contribution in [0.2, 0.25) is 0 Å². The zero-order valence-electron chi connectivity index (χ0n) is 24.3. The van der Waals surface area contributed by atoms with Crippen LogP contribution in [-0.2, 0) is 9.59 Å². The number of aliphatic carboxylic acids is 2. The van der Waals surface area contributed by atoms with Gasteiger partial charge in [-0.2, -0.15) is 0 Å². The number of carboxylic acids is 2. The van der Waals surface area contributed by atoms with Gasteiger partial charge >= 0.3 is 11.9 Å². The normalized spacial score (nSPS) is 51.5. The maximum atomic E-state index is 12.1. The number of rotatable bonds is 4. The van der Waals surface area contributed by atoms with Crippen LogP contribution in [0.5, 0.6) is 0 Å². The van der Waals surface area contributed by atoms with Crippen molar-refractivity contribution in [1.29, 1.82) is 0 Å². The van der Waals surface area contributed by atoms with Gasteiger partial charge in [0.25, 0.3) is 0 Å². The van der Waals surface area contributed by atoms with Crippen LogP contribution in [0.15, 0.2) is 11.6 Å². The molecule has 5 aliphatic carbocycles. The highest BCUT2D eigenvalue weighted by atomic mass is 16.4. The molecule has 0 aliphatic heterocycles. The van der Waals surface area contributed by atoms with Crippen molar-refractivity contribution in [2.45, 2.75) is 124 Å². The van der Waals surface area contributed by atoms with Crippen LogP contribution < -0.4 is 0 Å². The fourth-order valence-corrected chi connectivity index (χ4v) is 11.5. The number of hydrogen-bond acceptors (Lipinski definition) is 4. The molecule has 0 aromatic heterocycles. The number of carbonyl (C=O) groups is 2. The molecule has 0 radical (unpaired) electrons. The first-order valence-electron chi connectivity index (χ1n) is 14.9. The first kappa shape index (κ1) is 28.1. The molecular formula is C32H50O6. The minimum Gasteiger partial charge on any atom is -0.481 e. The first-order valence-corrected chi connectivity index (χ1v) is 14.9. The summed E-state index contributed by atoms with van der Waals surface area (Å²) >= 11 is 0. The van der Waals surface area contributed by atoms with Gasteiger partial charge in [0.05, 0.1) is 25.0 Å². The molecule has 6 nitrogen and oxygen atoms in total. The SMILES string of the molecule is CC1(C)CC[C@]2(CC(=O)O)CC[C@]3(C)C(=CC[C@@H]4[C@@]5(C)C[C@@H](O)[C@H](O)[C@](C)(CC(=O)O)[C@@H]5CC[C@]43C)[C@@H]2C1. The van der Waals surface area contributed by atoms with Crippen molar-refractivity contribution in [2.24, 2.45) is 50.2 Å². The second-order valence-electron chi connectivity index (χ2n) is 15.9. The molecular weight excluding hydrogens is 480 g/mol. The molecule has 5 rings (SSSR count). The molecule has 0 spiro atoms. The molecule has 4 N–H and O–H groups in total. The molecule has 10 atom stereocenters. The second kappa shape index (κ2) is 8.55. The summed E-state index contributed by atoms with van der Waals surface area (Å²) in [6.07, 6.45) is 8.78. The lowest BCUT2D eigenvalue weighted by atomic mass is 9.33. The third kappa shape index (κ3) is 3.71. The number of carboxylic acid groups (broad SMARTS) is 2. The summed E-state index contributed by atoms with van der Waals surface area (Å²) in [5, 5.41) is 41.9. The van der Waals surface area contributed by atoms with Crippen LogP contribution in [-0.4, -0.2) is 44.6 Å². The lowest BCUT2D eigenvalue weighted by molar-refractivity contribution is -0.238. The molecule has 214 valence electrons. The summed E-state index contributed by atoms with van der Waals surface area (Å²) in [5.41, 5.74) is 0.254. The lowest BCUT2D eigenvalue weighted by Crippen LogP contribution is -2.67. The standard InChI is InChI=1S/C32H50O6/c1-27(2)11-13-32(18-25(36)37)14-12-30(5)19(20(32)15-27)7-8-23-28(3)16-21(33)26(38)29(4,17-24(34)35)22(28)9-10-31(23,30)6/h7,20-23,26,33,38H,8-18H2,1-6H3,(H,34,35)(H,36,37)/t20-,21+,22+,23+,26-,28-,29+,30+,31+,32+/m0/s1. The summed E-state index contributed by atoms with van der Waals surface area (Å²) in [6.45, 7) is 13.7. The highest BCUT2D eigenvalue weighted by molar-refractivity contribution is 5.68. The average Bonchev–Trinajstić information content (AvgIpc) is 2.78. The van der Waals surface area contributed by atoms with E-state index in [-0.39, 0.29) is 57.7 Å². The van der Waals surface area contributed by atoms with E-state index in [0.29, 0.717) is 6.42 Å². The molecule has 4 saturated carbocycles. The Kier molecular flexibility index (Phi) is 6.33. The maximum absolute atomic E-state index is 12.1. The van der Waals surface area contributed by atoms with Crippen molar-refractivity contribution in [3.63, 3.8) is 0 Å².